The van der Waals surface area contributed by atoms with E-state index in [2.05, 4.69) is 30.7 Å². The number of rotatable bonds is 5. The van der Waals surface area contributed by atoms with Gasteiger partial charge in [0, 0.05) is 37.6 Å². The summed E-state index contributed by atoms with van der Waals surface area (Å²) in [5.41, 5.74) is 2.07. The van der Waals surface area contributed by atoms with E-state index < -0.39 is 24.2 Å². The van der Waals surface area contributed by atoms with Crippen LogP contribution in [0.1, 0.15) is 6.42 Å². The molecular weight excluding hydrogens is 356 g/mol. The monoisotopic (exact) mass is 371 g/mol. The molecule has 1 saturated carbocycles. The van der Waals surface area contributed by atoms with Gasteiger partial charge in [-0.1, -0.05) is 0 Å². The number of nitrogens with one attached hydrogen (secondary N) is 2. The van der Waals surface area contributed by atoms with E-state index in [4.69, 9.17) is 0 Å². The SMILES string of the molecule is Cn1cc(Nc2nccc(-c3ccc(NC(=O)[C@@H]4CC4(F)F)nc3)n2)cn1. The number of aromatic nitrogens is 5. The first-order chi connectivity index (χ1) is 12.9. The van der Waals surface area contributed by atoms with Crippen LogP contribution in [0.2, 0.25) is 0 Å². The molecule has 1 atom stereocenters. The number of alkyl halides is 2. The number of amides is 1. The molecule has 0 aromatic carbocycles. The fraction of sp³-hybridized carbons (Fsp3) is 0.235. The van der Waals surface area contributed by atoms with Gasteiger partial charge in [-0.3, -0.25) is 9.48 Å². The third-order valence-corrected chi connectivity index (χ3v) is 4.07. The minimum absolute atomic E-state index is 0.217. The van der Waals surface area contributed by atoms with E-state index in [1.165, 1.54) is 6.20 Å². The molecule has 3 aromatic heterocycles. The molecule has 0 radical (unpaired) electrons. The van der Waals surface area contributed by atoms with Crippen LogP contribution in [0.3, 0.4) is 0 Å². The van der Waals surface area contributed by atoms with Crippen LogP contribution in [0.25, 0.3) is 11.3 Å². The maximum absolute atomic E-state index is 12.9. The van der Waals surface area contributed by atoms with Gasteiger partial charge < -0.3 is 10.6 Å². The van der Waals surface area contributed by atoms with Crippen LogP contribution in [0.15, 0.2) is 43.0 Å². The Morgan fingerprint density at radius 3 is 2.70 bits per heavy atom. The van der Waals surface area contributed by atoms with Crippen molar-refractivity contribution >= 4 is 23.4 Å². The summed E-state index contributed by atoms with van der Waals surface area (Å²) in [6, 6.07) is 4.96. The summed E-state index contributed by atoms with van der Waals surface area (Å²) >= 11 is 0. The Labute approximate surface area is 152 Å². The van der Waals surface area contributed by atoms with Gasteiger partial charge in [0.15, 0.2) is 0 Å². The molecule has 1 amide bonds. The minimum atomic E-state index is -2.90. The van der Waals surface area contributed by atoms with E-state index in [9.17, 15) is 13.6 Å². The van der Waals surface area contributed by atoms with Gasteiger partial charge >= 0.3 is 0 Å². The quantitative estimate of drug-likeness (QED) is 0.716. The highest BCUT2D eigenvalue weighted by Gasteiger charge is 2.61. The lowest BCUT2D eigenvalue weighted by atomic mass is 10.2. The van der Waals surface area contributed by atoms with Crippen molar-refractivity contribution in [3.05, 3.63) is 43.0 Å². The van der Waals surface area contributed by atoms with Crippen molar-refractivity contribution < 1.29 is 13.6 Å². The first-order valence-electron chi connectivity index (χ1n) is 8.14. The highest BCUT2D eigenvalue weighted by molar-refractivity contribution is 5.94. The largest absolute Gasteiger partial charge is 0.321 e. The predicted octanol–water partition coefficient (Wildman–Crippen LogP) is 2.61. The third kappa shape index (κ3) is 3.73. The van der Waals surface area contributed by atoms with Crippen LogP contribution >= 0.6 is 0 Å². The second-order valence-electron chi connectivity index (χ2n) is 6.23. The zero-order valence-electron chi connectivity index (χ0n) is 14.2. The van der Waals surface area contributed by atoms with Crippen molar-refractivity contribution in [2.24, 2.45) is 13.0 Å². The molecule has 0 saturated heterocycles. The van der Waals surface area contributed by atoms with Crippen molar-refractivity contribution in [2.45, 2.75) is 12.3 Å². The lowest BCUT2D eigenvalue weighted by Gasteiger charge is -2.07. The van der Waals surface area contributed by atoms with Gasteiger partial charge in [-0.2, -0.15) is 5.10 Å². The number of nitrogens with zero attached hydrogens (tertiary/aromatic N) is 5. The summed E-state index contributed by atoms with van der Waals surface area (Å²) in [4.78, 5) is 24.4. The van der Waals surface area contributed by atoms with Gasteiger partial charge in [0.2, 0.25) is 11.9 Å². The van der Waals surface area contributed by atoms with Crippen LogP contribution in [0.5, 0.6) is 0 Å². The summed E-state index contributed by atoms with van der Waals surface area (Å²) in [5, 5.41) is 9.51. The number of anilines is 3. The molecule has 4 rings (SSSR count). The maximum Gasteiger partial charge on any atom is 0.260 e. The highest BCUT2D eigenvalue weighted by atomic mass is 19.3. The highest BCUT2D eigenvalue weighted by Crippen LogP contribution is 2.49. The van der Waals surface area contributed by atoms with Gasteiger partial charge in [0.05, 0.1) is 17.6 Å². The van der Waals surface area contributed by atoms with Crippen molar-refractivity contribution in [2.75, 3.05) is 10.6 Å². The van der Waals surface area contributed by atoms with Gasteiger partial charge in [-0.25, -0.2) is 23.7 Å². The molecular formula is C17H15F2N7O. The fourth-order valence-corrected chi connectivity index (χ4v) is 2.52. The number of carbonyl (C=O) groups is 1. The van der Waals surface area contributed by atoms with Crippen LogP contribution < -0.4 is 10.6 Å². The molecule has 1 fully saturated rings. The number of carbonyl (C=O) groups excluding carboxylic acids is 1. The van der Waals surface area contributed by atoms with Crippen molar-refractivity contribution in [3.8, 4) is 11.3 Å². The van der Waals surface area contributed by atoms with Crippen LogP contribution in [-0.4, -0.2) is 36.6 Å². The van der Waals surface area contributed by atoms with E-state index in [0.29, 0.717) is 17.2 Å². The number of hydrogen-bond donors (Lipinski definition) is 2. The molecule has 0 unspecified atom stereocenters. The fourth-order valence-electron chi connectivity index (χ4n) is 2.52. The summed E-state index contributed by atoms with van der Waals surface area (Å²) in [7, 11) is 1.80. The van der Waals surface area contributed by atoms with Crippen molar-refractivity contribution in [1.29, 1.82) is 0 Å². The van der Waals surface area contributed by atoms with Gasteiger partial charge in [0.1, 0.15) is 11.7 Å². The summed E-state index contributed by atoms with van der Waals surface area (Å²) in [6.45, 7) is 0. The Morgan fingerprint density at radius 1 is 1.26 bits per heavy atom. The van der Waals surface area contributed by atoms with Crippen LogP contribution in [0.4, 0.5) is 26.2 Å². The van der Waals surface area contributed by atoms with E-state index in [1.54, 1.807) is 48.5 Å². The molecule has 27 heavy (non-hydrogen) atoms. The van der Waals surface area contributed by atoms with Crippen LogP contribution in [-0.2, 0) is 11.8 Å². The van der Waals surface area contributed by atoms with Crippen molar-refractivity contribution in [1.82, 2.24) is 24.7 Å². The number of aryl methyl sites for hydroxylation is 1. The zero-order chi connectivity index (χ0) is 19.0. The first-order valence-corrected chi connectivity index (χ1v) is 8.14. The smallest absolute Gasteiger partial charge is 0.260 e. The zero-order valence-corrected chi connectivity index (χ0v) is 14.2. The average Bonchev–Trinajstić information content (AvgIpc) is 3.10. The topological polar surface area (TPSA) is 97.6 Å². The molecule has 0 aliphatic heterocycles. The lowest BCUT2D eigenvalue weighted by molar-refractivity contribution is -0.119. The summed E-state index contributed by atoms with van der Waals surface area (Å²) in [5.74, 6) is -4.27. The van der Waals surface area contributed by atoms with E-state index in [1.807, 2.05) is 0 Å². The molecule has 3 heterocycles. The van der Waals surface area contributed by atoms with Gasteiger partial charge in [-0.15, -0.1) is 0 Å². The Morgan fingerprint density at radius 2 is 2.07 bits per heavy atom. The standard InChI is InChI=1S/C17H15F2N7O/c1-26-9-11(8-22-26)23-16-20-5-4-13(24-16)10-2-3-14(21-7-10)25-15(27)12-6-17(12,18)19/h2-5,7-9,12H,6H2,1H3,(H,20,23,24)(H,21,25,27)/t12-/m0/s1. The summed E-state index contributed by atoms with van der Waals surface area (Å²) in [6.07, 6.45) is 6.14. The number of halogens is 2. The molecule has 3 aromatic rings. The second kappa shape index (κ2) is 6.38. The van der Waals surface area contributed by atoms with E-state index in [0.717, 1.165) is 5.69 Å². The molecule has 8 nitrogen and oxygen atoms in total. The van der Waals surface area contributed by atoms with Gasteiger partial charge in [-0.05, 0) is 18.2 Å². The number of hydrogen-bond acceptors (Lipinski definition) is 6. The molecule has 1 aliphatic carbocycles. The van der Waals surface area contributed by atoms with E-state index >= 15 is 0 Å². The minimum Gasteiger partial charge on any atom is -0.321 e. The molecule has 2 N–H and O–H groups in total. The van der Waals surface area contributed by atoms with Crippen LogP contribution in [0, 0.1) is 5.92 Å². The normalized spacial score (nSPS) is 17.4. The Balaban J connectivity index is 1.45. The Bertz CT molecular complexity index is 987. The van der Waals surface area contributed by atoms with Gasteiger partial charge in [0.25, 0.3) is 5.92 Å². The third-order valence-electron chi connectivity index (χ3n) is 4.07. The average molecular weight is 371 g/mol. The van der Waals surface area contributed by atoms with E-state index in [-0.39, 0.29) is 5.82 Å². The molecule has 138 valence electrons. The second-order valence-corrected chi connectivity index (χ2v) is 6.23. The predicted molar refractivity (Wildman–Crippen MR) is 93.4 cm³/mol. The first kappa shape index (κ1) is 17.0. The lowest BCUT2D eigenvalue weighted by Crippen LogP contribution is -2.18. The van der Waals surface area contributed by atoms with Crippen molar-refractivity contribution in [3.63, 3.8) is 0 Å². The Kier molecular flexibility index (Phi) is 4.02. The molecule has 1 aliphatic rings. The Hall–Kier alpha value is -3.43. The molecule has 0 spiro atoms. The number of pyridine rings is 1. The summed E-state index contributed by atoms with van der Waals surface area (Å²) < 4.78 is 27.5. The molecule has 10 heteroatoms. The molecule has 0 bridgehead atoms. The maximum atomic E-state index is 12.9.